The number of hydrogen-bond acceptors (Lipinski definition) is 4. The van der Waals surface area contributed by atoms with E-state index in [1.807, 2.05) is 6.20 Å². The minimum absolute atomic E-state index is 0.767. The van der Waals surface area contributed by atoms with Gasteiger partial charge in [-0.3, -0.25) is 9.88 Å². The molecule has 2 aliphatic rings. The van der Waals surface area contributed by atoms with Crippen molar-refractivity contribution in [1.29, 1.82) is 0 Å². The SMILES string of the molecule is CCNCc1cc(N2CCC(N3CCCC3)C2)ccn1. The van der Waals surface area contributed by atoms with Gasteiger partial charge in [-0.1, -0.05) is 6.92 Å². The third-order valence-corrected chi connectivity index (χ3v) is 4.54. The van der Waals surface area contributed by atoms with Gasteiger partial charge in [-0.15, -0.1) is 0 Å². The summed E-state index contributed by atoms with van der Waals surface area (Å²) in [6.45, 7) is 8.98. The summed E-state index contributed by atoms with van der Waals surface area (Å²) in [5, 5.41) is 3.35. The molecule has 0 bridgehead atoms. The van der Waals surface area contributed by atoms with Crippen LogP contribution in [0.3, 0.4) is 0 Å². The Morgan fingerprint density at radius 1 is 1.30 bits per heavy atom. The predicted octanol–water partition coefficient (Wildman–Crippen LogP) is 1.87. The zero-order valence-corrected chi connectivity index (χ0v) is 12.5. The van der Waals surface area contributed by atoms with E-state index >= 15 is 0 Å². The van der Waals surface area contributed by atoms with E-state index in [0.29, 0.717) is 0 Å². The van der Waals surface area contributed by atoms with E-state index in [2.05, 4.69) is 39.2 Å². The lowest BCUT2D eigenvalue weighted by atomic mass is 10.2. The molecule has 1 aromatic rings. The van der Waals surface area contributed by atoms with E-state index < -0.39 is 0 Å². The third kappa shape index (κ3) is 3.13. The molecule has 4 heteroatoms. The topological polar surface area (TPSA) is 31.4 Å². The van der Waals surface area contributed by atoms with Crippen molar-refractivity contribution in [3.05, 3.63) is 24.0 Å². The molecule has 0 aliphatic carbocycles. The van der Waals surface area contributed by atoms with E-state index in [1.54, 1.807) is 0 Å². The van der Waals surface area contributed by atoms with Gasteiger partial charge in [0.25, 0.3) is 0 Å². The molecule has 3 rings (SSSR count). The van der Waals surface area contributed by atoms with Gasteiger partial charge in [-0.2, -0.15) is 0 Å². The number of pyridine rings is 1. The largest absolute Gasteiger partial charge is 0.370 e. The Bertz CT molecular complexity index is 428. The summed E-state index contributed by atoms with van der Waals surface area (Å²) in [6.07, 6.45) is 6.03. The number of likely N-dealkylation sites (tertiary alicyclic amines) is 1. The van der Waals surface area contributed by atoms with Crippen LogP contribution in [-0.2, 0) is 6.54 Å². The van der Waals surface area contributed by atoms with Crippen molar-refractivity contribution < 1.29 is 0 Å². The number of nitrogens with one attached hydrogen (secondary N) is 1. The van der Waals surface area contributed by atoms with Crippen molar-refractivity contribution in [1.82, 2.24) is 15.2 Å². The van der Waals surface area contributed by atoms with Crippen LogP contribution in [-0.4, -0.2) is 48.6 Å². The molecule has 4 nitrogen and oxygen atoms in total. The normalized spacial score (nSPS) is 23.6. The first-order valence-electron chi connectivity index (χ1n) is 8.01. The van der Waals surface area contributed by atoms with Gasteiger partial charge in [-0.05, 0) is 51.0 Å². The molecule has 2 saturated heterocycles. The first-order chi connectivity index (χ1) is 9.86. The lowest BCUT2D eigenvalue weighted by molar-refractivity contribution is 0.260. The molecule has 1 aromatic heterocycles. The standard InChI is InChI=1S/C16H26N4/c1-2-17-12-14-11-15(5-7-18-14)20-10-6-16(13-20)19-8-3-4-9-19/h5,7,11,16-17H,2-4,6,8-10,12-13H2,1H3. The van der Waals surface area contributed by atoms with Crippen molar-refractivity contribution in [3.63, 3.8) is 0 Å². The number of aromatic nitrogens is 1. The minimum Gasteiger partial charge on any atom is -0.370 e. The summed E-state index contributed by atoms with van der Waals surface area (Å²) in [4.78, 5) is 9.65. The van der Waals surface area contributed by atoms with Crippen LogP contribution in [0.25, 0.3) is 0 Å². The summed E-state index contributed by atoms with van der Waals surface area (Å²) in [5.41, 5.74) is 2.49. The van der Waals surface area contributed by atoms with Crippen molar-refractivity contribution in [2.24, 2.45) is 0 Å². The lowest BCUT2D eigenvalue weighted by Crippen LogP contribution is -2.35. The predicted molar refractivity (Wildman–Crippen MR) is 83.0 cm³/mol. The Hall–Kier alpha value is -1.13. The fraction of sp³-hybridized carbons (Fsp3) is 0.688. The van der Waals surface area contributed by atoms with Crippen LogP contribution in [0.15, 0.2) is 18.3 Å². The molecule has 3 heterocycles. The first-order valence-corrected chi connectivity index (χ1v) is 8.01. The van der Waals surface area contributed by atoms with Crippen molar-refractivity contribution >= 4 is 5.69 Å². The van der Waals surface area contributed by atoms with Gasteiger partial charge in [0.1, 0.15) is 0 Å². The van der Waals surface area contributed by atoms with Crippen LogP contribution in [0, 0.1) is 0 Å². The zero-order valence-electron chi connectivity index (χ0n) is 12.5. The molecule has 2 fully saturated rings. The molecule has 0 saturated carbocycles. The quantitative estimate of drug-likeness (QED) is 0.888. The van der Waals surface area contributed by atoms with Crippen molar-refractivity contribution in [2.75, 3.05) is 37.6 Å². The average molecular weight is 274 g/mol. The maximum absolute atomic E-state index is 4.45. The Morgan fingerprint density at radius 3 is 2.95 bits per heavy atom. The number of nitrogens with zero attached hydrogens (tertiary/aromatic N) is 3. The third-order valence-electron chi connectivity index (χ3n) is 4.54. The molecule has 0 aromatic carbocycles. The molecule has 1 atom stereocenters. The van der Waals surface area contributed by atoms with Gasteiger partial charge in [0.2, 0.25) is 0 Å². The molecule has 0 amide bonds. The van der Waals surface area contributed by atoms with Gasteiger partial charge < -0.3 is 10.2 Å². The highest BCUT2D eigenvalue weighted by molar-refractivity contribution is 5.47. The molecule has 2 aliphatic heterocycles. The molecule has 20 heavy (non-hydrogen) atoms. The van der Waals surface area contributed by atoms with Crippen molar-refractivity contribution in [2.45, 2.75) is 38.8 Å². The molecule has 110 valence electrons. The summed E-state index contributed by atoms with van der Waals surface area (Å²) >= 11 is 0. The van der Waals surface area contributed by atoms with Gasteiger partial charge in [0.05, 0.1) is 5.69 Å². The highest BCUT2D eigenvalue weighted by atomic mass is 15.3. The Labute approximate surface area is 122 Å². The van der Waals surface area contributed by atoms with Crippen LogP contribution in [0.1, 0.15) is 31.9 Å². The first kappa shape index (κ1) is 13.8. The molecular formula is C16H26N4. The second kappa shape index (κ2) is 6.55. The highest BCUT2D eigenvalue weighted by Gasteiger charge is 2.29. The second-order valence-electron chi connectivity index (χ2n) is 5.92. The van der Waals surface area contributed by atoms with Crippen molar-refractivity contribution in [3.8, 4) is 0 Å². The van der Waals surface area contributed by atoms with Gasteiger partial charge in [0, 0.05) is 37.6 Å². The van der Waals surface area contributed by atoms with Gasteiger partial charge >= 0.3 is 0 Å². The zero-order chi connectivity index (χ0) is 13.8. The van der Waals surface area contributed by atoms with E-state index in [1.165, 1.54) is 51.1 Å². The highest BCUT2D eigenvalue weighted by Crippen LogP contribution is 2.25. The van der Waals surface area contributed by atoms with E-state index in [9.17, 15) is 0 Å². The Morgan fingerprint density at radius 2 is 2.15 bits per heavy atom. The monoisotopic (exact) mass is 274 g/mol. The summed E-state index contributed by atoms with van der Waals surface area (Å²) in [6, 6.07) is 5.17. The maximum Gasteiger partial charge on any atom is 0.0562 e. The molecule has 1 N–H and O–H groups in total. The van der Waals surface area contributed by atoms with Gasteiger partial charge in [-0.25, -0.2) is 0 Å². The van der Waals surface area contributed by atoms with E-state index in [-0.39, 0.29) is 0 Å². The summed E-state index contributed by atoms with van der Waals surface area (Å²) < 4.78 is 0. The Balaban J connectivity index is 1.61. The van der Waals surface area contributed by atoms with Crippen LogP contribution in [0.5, 0.6) is 0 Å². The number of hydrogen-bond donors (Lipinski definition) is 1. The van der Waals surface area contributed by atoms with Gasteiger partial charge in [0.15, 0.2) is 0 Å². The van der Waals surface area contributed by atoms with E-state index in [0.717, 1.165) is 24.8 Å². The van der Waals surface area contributed by atoms with Crippen LogP contribution in [0.2, 0.25) is 0 Å². The fourth-order valence-corrected chi connectivity index (χ4v) is 3.39. The Kier molecular flexibility index (Phi) is 4.53. The van der Waals surface area contributed by atoms with Crippen LogP contribution < -0.4 is 10.2 Å². The fourth-order valence-electron chi connectivity index (χ4n) is 3.39. The van der Waals surface area contributed by atoms with Crippen LogP contribution >= 0.6 is 0 Å². The molecule has 0 spiro atoms. The summed E-state index contributed by atoms with van der Waals surface area (Å²) in [5.74, 6) is 0. The summed E-state index contributed by atoms with van der Waals surface area (Å²) in [7, 11) is 0. The second-order valence-corrected chi connectivity index (χ2v) is 5.92. The molecular weight excluding hydrogens is 248 g/mol. The molecule has 0 radical (unpaired) electrons. The molecule has 1 unspecified atom stereocenters. The van der Waals surface area contributed by atoms with Crippen LogP contribution in [0.4, 0.5) is 5.69 Å². The number of anilines is 1. The lowest BCUT2D eigenvalue weighted by Gasteiger charge is -2.24. The maximum atomic E-state index is 4.45. The smallest absolute Gasteiger partial charge is 0.0562 e. The van der Waals surface area contributed by atoms with E-state index in [4.69, 9.17) is 0 Å². The number of rotatable bonds is 5. The minimum atomic E-state index is 0.767. The average Bonchev–Trinajstić information content (AvgIpc) is 3.15.